The first-order chi connectivity index (χ1) is 10.0. The summed E-state index contributed by atoms with van der Waals surface area (Å²) in [7, 11) is 1.33. The molecule has 1 aromatic rings. The molecule has 0 fully saturated rings. The van der Waals surface area contributed by atoms with E-state index in [0.717, 1.165) is 18.5 Å². The number of esters is 1. The topological polar surface area (TPSA) is 67.4 Å². The molecule has 1 aliphatic rings. The summed E-state index contributed by atoms with van der Waals surface area (Å²) in [6.45, 7) is 4.51. The second-order valence-corrected chi connectivity index (χ2v) is 5.59. The molecule has 114 valence electrons. The molecule has 1 amide bonds. The van der Waals surface area contributed by atoms with E-state index < -0.39 is 18.1 Å². The van der Waals surface area contributed by atoms with Crippen molar-refractivity contribution in [3.05, 3.63) is 35.4 Å². The van der Waals surface area contributed by atoms with E-state index in [0.29, 0.717) is 0 Å². The fourth-order valence-electron chi connectivity index (χ4n) is 2.60. The zero-order valence-electron chi connectivity index (χ0n) is 12.7. The van der Waals surface area contributed by atoms with Gasteiger partial charge in [0.05, 0.1) is 7.11 Å². The second-order valence-electron chi connectivity index (χ2n) is 5.59. The lowest BCUT2D eigenvalue weighted by atomic mass is 9.93. The molecule has 5 heteroatoms. The summed E-state index contributed by atoms with van der Waals surface area (Å²) in [5.74, 6) is -0.631. The maximum atomic E-state index is 12.5. The monoisotopic (exact) mass is 290 g/mol. The quantitative estimate of drug-likeness (QED) is 0.817. The van der Waals surface area contributed by atoms with Crippen molar-refractivity contribution in [2.45, 2.75) is 32.4 Å². The maximum Gasteiger partial charge on any atom is 0.328 e. The average Bonchev–Trinajstić information content (AvgIpc) is 2.50. The summed E-state index contributed by atoms with van der Waals surface area (Å²) in [6, 6.07) is 6.85. The third-order valence-corrected chi connectivity index (χ3v) is 3.79. The van der Waals surface area contributed by atoms with Crippen molar-refractivity contribution in [2.75, 3.05) is 13.7 Å². The Morgan fingerprint density at radius 3 is 2.71 bits per heavy atom. The van der Waals surface area contributed by atoms with Gasteiger partial charge in [-0.25, -0.2) is 4.79 Å². The van der Waals surface area contributed by atoms with Crippen LogP contribution in [0, 0.1) is 5.92 Å². The Morgan fingerprint density at radius 1 is 1.33 bits per heavy atom. The van der Waals surface area contributed by atoms with Crippen LogP contribution in [-0.2, 0) is 20.7 Å². The fraction of sp³-hybridized carbons (Fsp3) is 0.500. The highest BCUT2D eigenvalue weighted by Crippen LogP contribution is 2.23. The molecule has 0 radical (unpaired) electrons. The fourth-order valence-corrected chi connectivity index (χ4v) is 2.60. The Balaban J connectivity index is 2.16. The lowest BCUT2D eigenvalue weighted by Gasteiger charge is -2.28. The third kappa shape index (κ3) is 3.42. The van der Waals surface area contributed by atoms with Gasteiger partial charge in [-0.2, -0.15) is 0 Å². The Kier molecular flexibility index (Phi) is 4.96. The molecule has 0 aromatic heterocycles. The Bertz CT molecular complexity index is 528. The van der Waals surface area contributed by atoms with Crippen molar-refractivity contribution in [1.29, 1.82) is 0 Å². The largest absolute Gasteiger partial charge is 0.467 e. The van der Waals surface area contributed by atoms with Crippen molar-refractivity contribution in [1.82, 2.24) is 10.6 Å². The summed E-state index contributed by atoms with van der Waals surface area (Å²) >= 11 is 0. The van der Waals surface area contributed by atoms with Gasteiger partial charge in [0.2, 0.25) is 5.91 Å². The predicted molar refractivity (Wildman–Crippen MR) is 79.7 cm³/mol. The van der Waals surface area contributed by atoms with Crippen molar-refractivity contribution in [3.8, 4) is 0 Å². The molecule has 2 atom stereocenters. The van der Waals surface area contributed by atoms with Crippen LogP contribution in [-0.4, -0.2) is 31.6 Å². The molecule has 0 saturated carbocycles. The first-order valence-electron chi connectivity index (χ1n) is 7.24. The number of nitrogens with one attached hydrogen (secondary N) is 2. The molecule has 1 aromatic carbocycles. The smallest absolute Gasteiger partial charge is 0.328 e. The zero-order valence-corrected chi connectivity index (χ0v) is 12.7. The van der Waals surface area contributed by atoms with E-state index in [1.807, 2.05) is 38.1 Å². The van der Waals surface area contributed by atoms with E-state index in [2.05, 4.69) is 10.6 Å². The molecule has 21 heavy (non-hydrogen) atoms. The SMILES string of the molecule is COC(=O)[C@@H](NC(=O)C1NCCc2ccccc21)C(C)C. The number of amides is 1. The Hall–Kier alpha value is -1.88. The van der Waals surface area contributed by atoms with Gasteiger partial charge in [-0.15, -0.1) is 0 Å². The predicted octanol–water partition coefficient (Wildman–Crippen LogP) is 1.19. The number of hydrogen-bond donors (Lipinski definition) is 2. The van der Waals surface area contributed by atoms with Crippen LogP contribution < -0.4 is 10.6 Å². The van der Waals surface area contributed by atoms with Crippen LogP contribution >= 0.6 is 0 Å². The van der Waals surface area contributed by atoms with Gasteiger partial charge in [0, 0.05) is 6.54 Å². The van der Waals surface area contributed by atoms with E-state index in [1.165, 1.54) is 12.7 Å². The van der Waals surface area contributed by atoms with Gasteiger partial charge in [0.15, 0.2) is 0 Å². The zero-order chi connectivity index (χ0) is 15.4. The Labute approximate surface area is 125 Å². The van der Waals surface area contributed by atoms with Crippen LogP contribution in [0.5, 0.6) is 0 Å². The van der Waals surface area contributed by atoms with Gasteiger partial charge < -0.3 is 15.4 Å². The molecule has 5 nitrogen and oxygen atoms in total. The summed E-state index contributed by atoms with van der Waals surface area (Å²) in [5.41, 5.74) is 2.16. The summed E-state index contributed by atoms with van der Waals surface area (Å²) in [6.07, 6.45) is 0.907. The van der Waals surface area contributed by atoms with Crippen LogP contribution in [0.15, 0.2) is 24.3 Å². The highest BCUT2D eigenvalue weighted by Gasteiger charge is 2.31. The number of carbonyl (C=O) groups excluding carboxylic acids is 2. The van der Waals surface area contributed by atoms with Gasteiger partial charge in [0.1, 0.15) is 12.1 Å². The Morgan fingerprint density at radius 2 is 2.05 bits per heavy atom. The summed E-state index contributed by atoms with van der Waals surface area (Å²) in [5, 5.41) is 6.01. The van der Waals surface area contributed by atoms with Crippen molar-refractivity contribution >= 4 is 11.9 Å². The number of hydrogen-bond acceptors (Lipinski definition) is 4. The molecule has 1 unspecified atom stereocenters. The van der Waals surface area contributed by atoms with E-state index in [1.54, 1.807) is 0 Å². The maximum absolute atomic E-state index is 12.5. The minimum absolute atomic E-state index is 0.0276. The number of carbonyl (C=O) groups is 2. The lowest BCUT2D eigenvalue weighted by Crippen LogP contribution is -2.50. The van der Waals surface area contributed by atoms with Gasteiger partial charge in [-0.1, -0.05) is 38.1 Å². The van der Waals surface area contributed by atoms with Crippen molar-refractivity contribution < 1.29 is 14.3 Å². The standard InChI is InChI=1S/C16H22N2O3/c1-10(2)13(16(20)21-3)18-15(19)14-12-7-5-4-6-11(12)8-9-17-14/h4-7,10,13-14,17H,8-9H2,1-3H3,(H,18,19)/t13-,14?/m0/s1. The first-order valence-corrected chi connectivity index (χ1v) is 7.24. The molecule has 1 aliphatic heterocycles. The van der Waals surface area contributed by atoms with Gasteiger partial charge in [-0.3, -0.25) is 4.79 Å². The molecule has 0 spiro atoms. The van der Waals surface area contributed by atoms with E-state index in [-0.39, 0.29) is 11.8 Å². The van der Waals surface area contributed by atoms with E-state index in [9.17, 15) is 9.59 Å². The highest BCUT2D eigenvalue weighted by molar-refractivity contribution is 5.88. The van der Waals surface area contributed by atoms with Crippen LogP contribution in [0.4, 0.5) is 0 Å². The molecule has 1 heterocycles. The molecule has 0 aliphatic carbocycles. The van der Waals surface area contributed by atoms with Gasteiger partial charge in [0.25, 0.3) is 0 Å². The lowest BCUT2D eigenvalue weighted by molar-refractivity contribution is -0.146. The number of benzene rings is 1. The minimum atomic E-state index is -0.626. The van der Waals surface area contributed by atoms with Crippen molar-refractivity contribution in [2.24, 2.45) is 5.92 Å². The van der Waals surface area contributed by atoms with Crippen LogP contribution in [0.1, 0.15) is 31.0 Å². The number of ether oxygens (including phenoxy) is 1. The third-order valence-electron chi connectivity index (χ3n) is 3.79. The second kappa shape index (κ2) is 6.72. The van der Waals surface area contributed by atoms with E-state index >= 15 is 0 Å². The molecule has 2 N–H and O–H groups in total. The number of fused-ring (bicyclic) bond motifs is 1. The molecule has 0 bridgehead atoms. The molecule has 0 saturated heterocycles. The van der Waals surface area contributed by atoms with Crippen LogP contribution in [0.3, 0.4) is 0 Å². The number of methoxy groups -OCH3 is 1. The highest BCUT2D eigenvalue weighted by atomic mass is 16.5. The van der Waals surface area contributed by atoms with Crippen LogP contribution in [0.25, 0.3) is 0 Å². The number of rotatable bonds is 4. The molecule has 2 rings (SSSR count). The van der Waals surface area contributed by atoms with Gasteiger partial charge in [-0.05, 0) is 23.5 Å². The molecular formula is C16H22N2O3. The summed E-state index contributed by atoms with van der Waals surface area (Å²) < 4.78 is 4.76. The summed E-state index contributed by atoms with van der Waals surface area (Å²) in [4.78, 5) is 24.3. The molecular weight excluding hydrogens is 268 g/mol. The minimum Gasteiger partial charge on any atom is -0.467 e. The average molecular weight is 290 g/mol. The van der Waals surface area contributed by atoms with Crippen LogP contribution in [0.2, 0.25) is 0 Å². The van der Waals surface area contributed by atoms with Crippen molar-refractivity contribution in [3.63, 3.8) is 0 Å². The van der Waals surface area contributed by atoms with E-state index in [4.69, 9.17) is 4.74 Å². The first kappa shape index (κ1) is 15.5. The normalized spacial score (nSPS) is 18.8. The van der Waals surface area contributed by atoms with Gasteiger partial charge >= 0.3 is 5.97 Å².